The van der Waals surface area contributed by atoms with Crippen LogP contribution in [-0.2, 0) is 12.2 Å². The van der Waals surface area contributed by atoms with Gasteiger partial charge >= 0.3 is 0 Å². The van der Waals surface area contributed by atoms with E-state index in [0.29, 0.717) is 46.2 Å². The molecule has 1 amide bonds. The molecule has 7 nitrogen and oxygen atoms in total. The molecule has 242 valence electrons. The summed E-state index contributed by atoms with van der Waals surface area (Å²) in [6, 6.07) is 37.0. The molecule has 0 bridgehead atoms. The van der Waals surface area contributed by atoms with Crippen LogP contribution in [0.2, 0.25) is 10.0 Å². The third-order valence-corrected chi connectivity index (χ3v) is 11.1. The van der Waals surface area contributed by atoms with E-state index in [0.717, 1.165) is 35.2 Å². The molecule has 1 aliphatic rings. The van der Waals surface area contributed by atoms with Gasteiger partial charge in [-0.15, -0.1) is 21.5 Å². The molecule has 0 radical (unpaired) electrons. The highest BCUT2D eigenvalue weighted by molar-refractivity contribution is 7.98. The van der Waals surface area contributed by atoms with Crippen molar-refractivity contribution in [3.8, 4) is 5.69 Å². The Morgan fingerprint density at radius 3 is 2.08 bits per heavy atom. The highest BCUT2D eigenvalue weighted by Gasteiger charge is 2.29. The van der Waals surface area contributed by atoms with E-state index in [1.54, 1.807) is 6.07 Å². The zero-order valence-corrected chi connectivity index (χ0v) is 29.1. The molecule has 0 unspecified atom stereocenters. The minimum Gasteiger partial charge on any atom is -0.335 e. The standard InChI is InChI=1S/C37H32Cl2N6OS2/c38-30-17-16-29(23-31(30)39)45-33(22-26-10-4-1-5-11-26)41-42-37(45)48-25-34-40-32(24-47-34)36(46)44-20-18-43(19-21-44)35(27-12-6-2-7-13-27)28-14-8-3-9-15-28/h1-17,23-24,35H,18-22,25H2. The number of rotatable bonds is 10. The normalized spacial score (nSPS) is 13.7. The first-order valence-corrected chi connectivity index (χ1v) is 18.3. The molecule has 0 saturated carbocycles. The lowest BCUT2D eigenvalue weighted by Gasteiger charge is -2.39. The Kier molecular flexibility index (Phi) is 10.2. The molecule has 1 fully saturated rings. The number of benzene rings is 4. The number of halogens is 2. The Hall–Kier alpha value is -3.99. The summed E-state index contributed by atoms with van der Waals surface area (Å²) in [5, 5.41) is 13.5. The van der Waals surface area contributed by atoms with Crippen molar-refractivity contribution in [1.29, 1.82) is 0 Å². The largest absolute Gasteiger partial charge is 0.335 e. The Bertz CT molecular complexity index is 1940. The van der Waals surface area contributed by atoms with Crippen LogP contribution in [0.1, 0.15) is 44.1 Å². The maximum Gasteiger partial charge on any atom is 0.273 e. The third kappa shape index (κ3) is 7.36. The number of piperazine rings is 1. The lowest BCUT2D eigenvalue weighted by atomic mass is 9.96. The molecule has 0 N–H and O–H groups in total. The van der Waals surface area contributed by atoms with Crippen molar-refractivity contribution in [1.82, 2.24) is 29.5 Å². The van der Waals surface area contributed by atoms with Gasteiger partial charge in [0.15, 0.2) is 5.16 Å². The van der Waals surface area contributed by atoms with Crippen LogP contribution in [0.3, 0.4) is 0 Å². The number of aromatic nitrogens is 4. The minimum atomic E-state index is -0.0257. The topological polar surface area (TPSA) is 67.2 Å². The van der Waals surface area contributed by atoms with Gasteiger partial charge in [-0.2, -0.15) is 0 Å². The zero-order chi connectivity index (χ0) is 32.9. The molecule has 1 saturated heterocycles. The summed E-state index contributed by atoms with van der Waals surface area (Å²) in [4.78, 5) is 22.7. The zero-order valence-electron chi connectivity index (χ0n) is 26.0. The SMILES string of the molecule is O=C(c1csc(CSc2nnc(Cc3ccccc3)n2-c2ccc(Cl)c(Cl)c2)n1)N1CCN(C(c2ccccc2)c2ccccc2)CC1. The van der Waals surface area contributed by atoms with Crippen LogP contribution < -0.4 is 0 Å². The highest BCUT2D eigenvalue weighted by Crippen LogP contribution is 2.32. The first kappa shape index (κ1) is 32.6. The summed E-state index contributed by atoms with van der Waals surface area (Å²) >= 11 is 15.7. The smallest absolute Gasteiger partial charge is 0.273 e. The van der Waals surface area contributed by atoms with Gasteiger partial charge in [0.25, 0.3) is 5.91 Å². The maximum absolute atomic E-state index is 13.6. The first-order chi connectivity index (χ1) is 23.5. The molecule has 48 heavy (non-hydrogen) atoms. The molecule has 11 heteroatoms. The Morgan fingerprint density at radius 2 is 1.44 bits per heavy atom. The van der Waals surface area contributed by atoms with E-state index in [4.69, 9.17) is 28.2 Å². The van der Waals surface area contributed by atoms with Gasteiger partial charge in [-0.1, -0.05) is 126 Å². The molecular formula is C37H32Cl2N6OS2. The number of carbonyl (C=O) groups excluding carboxylic acids is 1. The van der Waals surface area contributed by atoms with Gasteiger partial charge in [-0.3, -0.25) is 14.3 Å². The Balaban J connectivity index is 1.03. The van der Waals surface area contributed by atoms with Crippen LogP contribution in [0.25, 0.3) is 5.69 Å². The van der Waals surface area contributed by atoms with Crippen molar-refractivity contribution in [3.05, 3.63) is 158 Å². The summed E-state index contributed by atoms with van der Waals surface area (Å²) in [5.41, 5.74) is 4.96. The van der Waals surface area contributed by atoms with E-state index in [1.165, 1.54) is 34.2 Å². The number of hydrogen-bond acceptors (Lipinski definition) is 7. The fourth-order valence-electron chi connectivity index (χ4n) is 6.00. The summed E-state index contributed by atoms with van der Waals surface area (Å²) in [6.45, 7) is 2.85. The number of hydrogen-bond donors (Lipinski definition) is 0. The summed E-state index contributed by atoms with van der Waals surface area (Å²) in [6.07, 6.45) is 0.606. The van der Waals surface area contributed by atoms with Gasteiger partial charge in [-0.05, 0) is 34.9 Å². The van der Waals surface area contributed by atoms with Crippen LogP contribution in [0.4, 0.5) is 0 Å². The number of nitrogens with zero attached hydrogens (tertiary/aromatic N) is 6. The number of thiazole rings is 1. The Morgan fingerprint density at radius 1 is 0.792 bits per heavy atom. The second-order valence-electron chi connectivity index (χ2n) is 11.5. The van der Waals surface area contributed by atoms with Crippen molar-refractivity contribution < 1.29 is 4.79 Å². The molecule has 3 heterocycles. The number of thioether (sulfide) groups is 1. The molecule has 7 rings (SSSR count). The molecule has 0 spiro atoms. The lowest BCUT2D eigenvalue weighted by Crippen LogP contribution is -2.50. The van der Waals surface area contributed by atoms with E-state index in [2.05, 4.69) is 75.8 Å². The average molecular weight is 712 g/mol. The van der Waals surface area contributed by atoms with Crippen molar-refractivity contribution in [2.75, 3.05) is 26.2 Å². The highest BCUT2D eigenvalue weighted by atomic mass is 35.5. The van der Waals surface area contributed by atoms with Crippen LogP contribution in [-0.4, -0.2) is 61.6 Å². The first-order valence-electron chi connectivity index (χ1n) is 15.7. The third-order valence-electron chi connectivity index (χ3n) is 8.36. The van der Waals surface area contributed by atoms with Crippen molar-refractivity contribution in [3.63, 3.8) is 0 Å². The van der Waals surface area contributed by atoms with Crippen molar-refractivity contribution >= 4 is 52.2 Å². The molecular weight excluding hydrogens is 679 g/mol. The second kappa shape index (κ2) is 15.1. The fourth-order valence-corrected chi connectivity index (χ4v) is 8.05. The lowest BCUT2D eigenvalue weighted by molar-refractivity contribution is 0.0592. The average Bonchev–Trinajstić information content (AvgIpc) is 3.77. The van der Waals surface area contributed by atoms with Crippen LogP contribution in [0.5, 0.6) is 0 Å². The predicted molar refractivity (Wildman–Crippen MR) is 195 cm³/mol. The Labute approximate surface area is 298 Å². The van der Waals surface area contributed by atoms with Gasteiger partial charge in [0, 0.05) is 38.0 Å². The molecule has 0 aliphatic carbocycles. The van der Waals surface area contributed by atoms with Gasteiger partial charge in [0.05, 0.1) is 27.5 Å². The van der Waals surface area contributed by atoms with Gasteiger partial charge in [-0.25, -0.2) is 4.98 Å². The minimum absolute atomic E-state index is 0.0257. The number of carbonyl (C=O) groups is 1. The van der Waals surface area contributed by atoms with E-state index in [-0.39, 0.29) is 11.9 Å². The van der Waals surface area contributed by atoms with Crippen LogP contribution >= 0.6 is 46.3 Å². The van der Waals surface area contributed by atoms with Gasteiger partial charge in [0.1, 0.15) is 16.5 Å². The van der Waals surface area contributed by atoms with Crippen LogP contribution in [0.15, 0.2) is 120 Å². The quantitative estimate of drug-likeness (QED) is 0.133. The fraction of sp³-hybridized carbons (Fsp3) is 0.189. The molecule has 1 aliphatic heterocycles. The summed E-state index contributed by atoms with van der Waals surface area (Å²) in [5.74, 6) is 1.31. The summed E-state index contributed by atoms with van der Waals surface area (Å²) in [7, 11) is 0. The number of amides is 1. The van der Waals surface area contributed by atoms with Gasteiger partial charge in [0.2, 0.25) is 0 Å². The van der Waals surface area contributed by atoms with Crippen molar-refractivity contribution in [2.45, 2.75) is 23.4 Å². The monoisotopic (exact) mass is 710 g/mol. The van der Waals surface area contributed by atoms with Gasteiger partial charge < -0.3 is 4.90 Å². The summed E-state index contributed by atoms with van der Waals surface area (Å²) < 4.78 is 2.01. The maximum atomic E-state index is 13.6. The van der Waals surface area contributed by atoms with E-state index in [9.17, 15) is 4.79 Å². The second-order valence-corrected chi connectivity index (χ2v) is 14.2. The van der Waals surface area contributed by atoms with E-state index >= 15 is 0 Å². The molecule has 2 aromatic heterocycles. The molecule has 0 atom stereocenters. The molecule has 4 aromatic carbocycles. The van der Waals surface area contributed by atoms with Crippen LogP contribution in [0, 0.1) is 0 Å². The van der Waals surface area contributed by atoms with Crippen molar-refractivity contribution in [2.24, 2.45) is 0 Å². The molecule has 6 aromatic rings. The van der Waals surface area contributed by atoms with E-state index in [1.807, 2.05) is 57.3 Å². The van der Waals surface area contributed by atoms with E-state index < -0.39 is 0 Å². The predicted octanol–water partition coefficient (Wildman–Crippen LogP) is 8.46.